The van der Waals surface area contributed by atoms with Crippen molar-refractivity contribution < 1.29 is 31.1 Å². The summed E-state index contributed by atoms with van der Waals surface area (Å²) in [7, 11) is 1.26. The third-order valence-corrected chi connectivity index (χ3v) is 9.30. The third-order valence-electron chi connectivity index (χ3n) is 8.27. The van der Waals surface area contributed by atoms with Crippen LogP contribution in [0.2, 0.25) is 0 Å². The van der Waals surface area contributed by atoms with Gasteiger partial charge in [0.1, 0.15) is 34.4 Å². The molecule has 2 atom stereocenters. The number of rotatable bonds is 5. The lowest BCUT2D eigenvalue weighted by Crippen LogP contribution is -2.31. The maximum absolute atomic E-state index is 16.2. The van der Waals surface area contributed by atoms with Crippen LogP contribution in [0.15, 0.2) is 18.2 Å². The van der Waals surface area contributed by atoms with Gasteiger partial charge in [-0.2, -0.15) is 28.4 Å². The Morgan fingerprint density at radius 3 is 2.58 bits per heavy atom. The van der Waals surface area contributed by atoms with E-state index in [2.05, 4.69) is 14.9 Å². The Morgan fingerprint density at radius 1 is 1.24 bits per heavy atom. The molecule has 6 rings (SSSR count). The van der Waals surface area contributed by atoms with Gasteiger partial charge in [0, 0.05) is 41.5 Å². The SMILES string of the molecule is CCN(c1nc(OC)nc2c(F)c(-c3ccc(F)c4sc(N)c(C#N)c34)c(C(F)(F)F)cc12)C(C)C.FC1CC2CCCN2C1. The maximum atomic E-state index is 16.2. The van der Waals surface area contributed by atoms with Crippen molar-refractivity contribution >= 4 is 43.1 Å². The molecule has 4 heterocycles. The molecule has 0 saturated carbocycles. The Bertz CT molecular complexity index is 1770. The molecule has 45 heavy (non-hydrogen) atoms. The smallest absolute Gasteiger partial charge is 0.417 e. The minimum atomic E-state index is -5.01. The number of hydrogen-bond donors (Lipinski definition) is 1. The van der Waals surface area contributed by atoms with E-state index in [4.69, 9.17) is 10.5 Å². The number of aromatic nitrogens is 2. The molecule has 2 N–H and O–H groups in total. The van der Waals surface area contributed by atoms with Crippen molar-refractivity contribution in [2.24, 2.45) is 0 Å². The zero-order valence-corrected chi connectivity index (χ0v) is 25.9. The summed E-state index contributed by atoms with van der Waals surface area (Å²) >= 11 is 0.705. The third kappa shape index (κ3) is 5.95. The first-order valence-electron chi connectivity index (χ1n) is 14.5. The average molecular weight is 651 g/mol. The highest BCUT2D eigenvalue weighted by atomic mass is 32.1. The average Bonchev–Trinajstić information content (AvgIpc) is 3.66. The van der Waals surface area contributed by atoms with Gasteiger partial charge in [-0.1, -0.05) is 6.07 Å². The number of ether oxygens (including phenoxy) is 1. The van der Waals surface area contributed by atoms with E-state index < -0.39 is 40.6 Å². The summed E-state index contributed by atoms with van der Waals surface area (Å²) < 4.78 is 91.6. The largest absolute Gasteiger partial charge is 0.467 e. The molecule has 0 spiro atoms. The van der Waals surface area contributed by atoms with Crippen molar-refractivity contribution in [3.05, 3.63) is 41.0 Å². The summed E-state index contributed by atoms with van der Waals surface area (Å²) in [5.41, 5.74) is 2.70. The summed E-state index contributed by atoms with van der Waals surface area (Å²) in [6.45, 7) is 7.65. The molecule has 2 aromatic carbocycles. The van der Waals surface area contributed by atoms with E-state index >= 15 is 4.39 Å². The highest BCUT2D eigenvalue weighted by Crippen LogP contribution is 2.48. The quantitative estimate of drug-likeness (QED) is 0.222. The molecule has 2 unspecified atom stereocenters. The van der Waals surface area contributed by atoms with Gasteiger partial charge >= 0.3 is 12.2 Å². The predicted octanol–water partition coefficient (Wildman–Crippen LogP) is 7.70. The van der Waals surface area contributed by atoms with Gasteiger partial charge in [0.15, 0.2) is 5.82 Å². The first kappa shape index (κ1) is 32.6. The summed E-state index contributed by atoms with van der Waals surface area (Å²) in [4.78, 5) is 12.2. The molecule has 240 valence electrons. The predicted molar refractivity (Wildman–Crippen MR) is 163 cm³/mol. The van der Waals surface area contributed by atoms with Crippen LogP contribution in [0.3, 0.4) is 0 Å². The van der Waals surface area contributed by atoms with Gasteiger partial charge in [-0.05, 0) is 64.3 Å². The molecule has 0 bridgehead atoms. The van der Waals surface area contributed by atoms with E-state index in [9.17, 15) is 27.2 Å². The van der Waals surface area contributed by atoms with Gasteiger partial charge in [-0.25, -0.2) is 13.2 Å². The zero-order valence-electron chi connectivity index (χ0n) is 25.1. The second kappa shape index (κ2) is 12.5. The van der Waals surface area contributed by atoms with Crippen LogP contribution in [0.4, 0.5) is 37.2 Å². The number of methoxy groups -OCH3 is 1. The number of nitriles is 1. The number of benzene rings is 2. The summed E-state index contributed by atoms with van der Waals surface area (Å²) in [5.74, 6) is -2.02. The molecule has 0 aliphatic carbocycles. The van der Waals surface area contributed by atoms with E-state index in [0.29, 0.717) is 30.5 Å². The number of thiophene rings is 1. The van der Waals surface area contributed by atoms with Crippen LogP contribution in [0.1, 0.15) is 51.2 Å². The monoisotopic (exact) mass is 650 g/mol. The van der Waals surface area contributed by atoms with Crippen LogP contribution >= 0.6 is 11.3 Å². The second-order valence-corrected chi connectivity index (χ2v) is 12.3. The zero-order chi connectivity index (χ0) is 32.8. The molecule has 4 aromatic rings. The Labute approximate surface area is 260 Å². The van der Waals surface area contributed by atoms with Gasteiger partial charge in [0.2, 0.25) is 0 Å². The summed E-state index contributed by atoms with van der Waals surface area (Å²) in [5, 5.41) is 9.14. The second-order valence-electron chi connectivity index (χ2n) is 11.3. The Hall–Kier alpha value is -3.83. The summed E-state index contributed by atoms with van der Waals surface area (Å²) in [6, 6.07) is 4.70. The number of fused-ring (bicyclic) bond motifs is 3. The van der Waals surface area contributed by atoms with Gasteiger partial charge in [-0.15, -0.1) is 11.3 Å². The van der Waals surface area contributed by atoms with Crippen LogP contribution < -0.4 is 15.4 Å². The lowest BCUT2D eigenvalue weighted by atomic mass is 9.92. The molecular weight excluding hydrogens is 618 g/mol. The fraction of sp³-hybridized carbons (Fsp3) is 0.452. The fourth-order valence-electron chi connectivity index (χ4n) is 6.28. The lowest BCUT2D eigenvalue weighted by molar-refractivity contribution is -0.137. The van der Waals surface area contributed by atoms with Crippen molar-refractivity contribution in [2.45, 2.75) is 64.5 Å². The molecule has 2 saturated heterocycles. The van der Waals surface area contributed by atoms with E-state index in [0.717, 1.165) is 31.2 Å². The van der Waals surface area contributed by atoms with Crippen molar-refractivity contribution in [1.82, 2.24) is 14.9 Å². The first-order chi connectivity index (χ1) is 21.3. The van der Waals surface area contributed by atoms with Gasteiger partial charge in [0.05, 0.1) is 22.9 Å². The molecule has 2 aliphatic rings. The summed E-state index contributed by atoms with van der Waals surface area (Å²) in [6.07, 6.45) is -2.20. The highest BCUT2D eigenvalue weighted by Gasteiger charge is 2.39. The lowest BCUT2D eigenvalue weighted by Gasteiger charge is -2.28. The van der Waals surface area contributed by atoms with Crippen molar-refractivity contribution in [3.63, 3.8) is 0 Å². The Kier molecular flexibility index (Phi) is 9.06. The van der Waals surface area contributed by atoms with E-state index in [1.54, 1.807) is 17.9 Å². The number of halogens is 6. The molecule has 0 radical (unpaired) electrons. The van der Waals surface area contributed by atoms with E-state index in [-0.39, 0.29) is 49.5 Å². The highest BCUT2D eigenvalue weighted by molar-refractivity contribution is 7.23. The normalized spacial score (nSPS) is 18.3. The number of nitrogens with zero attached hydrogens (tertiary/aromatic N) is 5. The number of nitrogens with two attached hydrogens (primary N) is 1. The number of nitrogen functional groups attached to an aromatic ring is 1. The van der Waals surface area contributed by atoms with E-state index in [1.807, 2.05) is 13.8 Å². The first-order valence-corrected chi connectivity index (χ1v) is 15.3. The minimum Gasteiger partial charge on any atom is -0.467 e. The van der Waals surface area contributed by atoms with Gasteiger partial charge < -0.3 is 15.4 Å². The van der Waals surface area contributed by atoms with Crippen LogP contribution in [-0.4, -0.2) is 59.9 Å². The van der Waals surface area contributed by atoms with Crippen molar-refractivity contribution in [1.29, 1.82) is 5.26 Å². The standard InChI is InChI=1S/C24H20F5N5OS.C7H12FN/c1-5-34(10(2)3)22-12-8-14(24(27,28)29)17(18(26)19(12)32-23(33-22)35-4)11-6-7-15(25)20-16(11)13(9-30)21(31)36-20;8-6-4-7-2-1-3-9(7)5-6/h6-8,10H,5,31H2,1-4H3;6-7H,1-5H2. The fourth-order valence-corrected chi connectivity index (χ4v) is 7.23. The van der Waals surface area contributed by atoms with Crippen LogP contribution in [0.25, 0.3) is 32.1 Å². The molecule has 2 aliphatic heterocycles. The molecule has 14 heteroatoms. The van der Waals surface area contributed by atoms with Crippen LogP contribution in [-0.2, 0) is 6.18 Å². The molecule has 2 fully saturated rings. The minimum absolute atomic E-state index is 0.0760. The van der Waals surface area contributed by atoms with E-state index in [1.165, 1.54) is 20.0 Å². The maximum Gasteiger partial charge on any atom is 0.417 e. The number of anilines is 2. The van der Waals surface area contributed by atoms with Crippen molar-refractivity contribution in [3.8, 4) is 23.2 Å². The Balaban J connectivity index is 0.000000377. The number of alkyl halides is 4. The molecule has 0 amide bonds. The number of hydrogen-bond acceptors (Lipinski definition) is 8. The van der Waals surface area contributed by atoms with Crippen LogP contribution in [0.5, 0.6) is 6.01 Å². The molecule has 7 nitrogen and oxygen atoms in total. The topological polar surface area (TPSA) is 91.3 Å². The van der Waals surface area contributed by atoms with Gasteiger partial charge in [-0.3, -0.25) is 4.90 Å². The molecule has 2 aromatic heterocycles. The van der Waals surface area contributed by atoms with Crippen molar-refractivity contribution in [2.75, 3.05) is 37.4 Å². The van der Waals surface area contributed by atoms with Gasteiger partial charge in [0.25, 0.3) is 0 Å². The Morgan fingerprint density at radius 2 is 1.98 bits per heavy atom. The van der Waals surface area contributed by atoms with Crippen LogP contribution in [0, 0.1) is 23.0 Å². The molecular formula is C31H32F6N6OS.